The van der Waals surface area contributed by atoms with Crippen LogP contribution in [0.1, 0.15) is 27.6 Å². The van der Waals surface area contributed by atoms with Crippen molar-refractivity contribution in [3.05, 3.63) is 65.7 Å². The third-order valence-corrected chi connectivity index (χ3v) is 4.82. The average molecular weight is 381 g/mol. The number of para-hydroxylation sites is 1. The lowest BCUT2D eigenvalue weighted by molar-refractivity contribution is 0.0383. The number of anilines is 1. The molecule has 2 aromatic rings. The Labute approximate surface area is 166 Å². The molecule has 1 saturated heterocycles. The Morgan fingerprint density at radius 1 is 1.04 bits per heavy atom. The van der Waals surface area contributed by atoms with Gasteiger partial charge in [0.1, 0.15) is 0 Å². The summed E-state index contributed by atoms with van der Waals surface area (Å²) < 4.78 is 5.33. The average Bonchev–Trinajstić information content (AvgIpc) is 2.76. The van der Waals surface area contributed by atoms with Crippen LogP contribution in [0.5, 0.6) is 0 Å². The van der Waals surface area contributed by atoms with Crippen LogP contribution in [0.3, 0.4) is 0 Å². The van der Waals surface area contributed by atoms with E-state index >= 15 is 0 Å². The molecular formula is C22H27N3O3. The van der Waals surface area contributed by atoms with Crippen LogP contribution < -0.4 is 10.2 Å². The van der Waals surface area contributed by atoms with Crippen LogP contribution in [0.25, 0.3) is 0 Å². The first-order valence-electron chi connectivity index (χ1n) is 9.74. The third kappa shape index (κ3) is 5.18. The van der Waals surface area contributed by atoms with E-state index in [9.17, 15) is 9.59 Å². The van der Waals surface area contributed by atoms with Crippen molar-refractivity contribution in [1.82, 2.24) is 10.2 Å². The summed E-state index contributed by atoms with van der Waals surface area (Å²) in [5, 5.41) is 2.94. The molecule has 0 aliphatic carbocycles. The predicted molar refractivity (Wildman–Crippen MR) is 110 cm³/mol. The van der Waals surface area contributed by atoms with Crippen LogP contribution in [-0.2, 0) is 4.74 Å². The highest BCUT2D eigenvalue weighted by Gasteiger charge is 2.17. The van der Waals surface area contributed by atoms with Gasteiger partial charge in [-0.2, -0.15) is 0 Å². The van der Waals surface area contributed by atoms with Gasteiger partial charge in [0.05, 0.1) is 13.2 Å². The van der Waals surface area contributed by atoms with Gasteiger partial charge >= 0.3 is 0 Å². The largest absolute Gasteiger partial charge is 0.379 e. The zero-order valence-electron chi connectivity index (χ0n) is 16.3. The molecule has 6 nitrogen and oxygen atoms in total. The molecule has 0 saturated carbocycles. The quantitative estimate of drug-likeness (QED) is 0.800. The second-order valence-electron chi connectivity index (χ2n) is 6.68. The molecule has 28 heavy (non-hydrogen) atoms. The van der Waals surface area contributed by atoms with Crippen molar-refractivity contribution < 1.29 is 14.3 Å². The Morgan fingerprint density at radius 3 is 2.46 bits per heavy atom. The summed E-state index contributed by atoms with van der Waals surface area (Å²) in [6.07, 6.45) is 0. The van der Waals surface area contributed by atoms with Gasteiger partial charge in [0.25, 0.3) is 11.8 Å². The molecule has 2 amide bonds. The summed E-state index contributed by atoms with van der Waals surface area (Å²) in [6, 6.07) is 16.4. The van der Waals surface area contributed by atoms with Gasteiger partial charge < -0.3 is 15.0 Å². The number of carbonyl (C=O) groups excluding carboxylic acids is 2. The monoisotopic (exact) mass is 381 g/mol. The Morgan fingerprint density at radius 2 is 1.75 bits per heavy atom. The van der Waals surface area contributed by atoms with Crippen molar-refractivity contribution >= 4 is 17.5 Å². The number of morpholine rings is 1. The zero-order chi connectivity index (χ0) is 19.8. The van der Waals surface area contributed by atoms with Crippen LogP contribution in [0.2, 0.25) is 0 Å². The van der Waals surface area contributed by atoms with Crippen LogP contribution in [0.15, 0.2) is 54.6 Å². The molecule has 2 aromatic carbocycles. The minimum Gasteiger partial charge on any atom is -0.379 e. The molecule has 1 aliphatic rings. The van der Waals surface area contributed by atoms with Gasteiger partial charge in [0.2, 0.25) is 0 Å². The molecule has 0 bridgehead atoms. The van der Waals surface area contributed by atoms with E-state index in [-0.39, 0.29) is 11.8 Å². The standard InChI is InChI=1S/C22H27N3O3/c1-2-25(20-9-4-3-5-10-20)22(27)19-8-6-7-18(17-19)21(26)23-11-12-24-13-15-28-16-14-24/h3-10,17H,2,11-16H2,1H3,(H,23,26). The van der Waals surface area contributed by atoms with Gasteiger partial charge in [-0.25, -0.2) is 0 Å². The Hall–Kier alpha value is -2.70. The molecule has 0 radical (unpaired) electrons. The zero-order valence-corrected chi connectivity index (χ0v) is 16.3. The molecule has 1 aliphatic heterocycles. The number of amides is 2. The van der Waals surface area contributed by atoms with Crippen LogP contribution >= 0.6 is 0 Å². The number of benzene rings is 2. The normalized spacial score (nSPS) is 14.5. The van der Waals surface area contributed by atoms with Crippen LogP contribution in [0, 0.1) is 0 Å². The summed E-state index contributed by atoms with van der Waals surface area (Å²) in [5.74, 6) is -0.276. The Kier molecular flexibility index (Phi) is 7.17. The number of rotatable bonds is 7. The van der Waals surface area contributed by atoms with E-state index in [2.05, 4.69) is 10.2 Å². The van der Waals surface area contributed by atoms with Gasteiger partial charge in [-0.05, 0) is 37.3 Å². The summed E-state index contributed by atoms with van der Waals surface area (Å²) in [4.78, 5) is 29.4. The molecular weight excluding hydrogens is 354 g/mol. The predicted octanol–water partition coefficient (Wildman–Crippen LogP) is 2.42. The van der Waals surface area contributed by atoms with Crippen molar-refractivity contribution in [1.29, 1.82) is 0 Å². The van der Waals surface area contributed by atoms with Gasteiger partial charge in [0.15, 0.2) is 0 Å². The summed E-state index contributed by atoms with van der Waals surface area (Å²) in [6.45, 7) is 7.14. The number of ether oxygens (including phenoxy) is 1. The number of nitrogens with one attached hydrogen (secondary N) is 1. The lowest BCUT2D eigenvalue weighted by Crippen LogP contribution is -2.41. The minimum atomic E-state index is -0.161. The van der Waals surface area contributed by atoms with E-state index in [1.807, 2.05) is 37.3 Å². The Bertz CT molecular complexity index is 789. The number of hydrogen-bond acceptors (Lipinski definition) is 4. The highest BCUT2D eigenvalue weighted by Crippen LogP contribution is 2.17. The fraction of sp³-hybridized carbons (Fsp3) is 0.364. The molecule has 0 aromatic heterocycles. The molecule has 3 rings (SSSR count). The topological polar surface area (TPSA) is 61.9 Å². The van der Waals surface area contributed by atoms with Crippen LogP contribution in [-0.4, -0.2) is 62.7 Å². The van der Waals surface area contributed by atoms with E-state index in [1.165, 1.54) is 0 Å². The third-order valence-electron chi connectivity index (χ3n) is 4.82. The molecule has 0 atom stereocenters. The summed E-state index contributed by atoms with van der Waals surface area (Å²) in [5.41, 5.74) is 1.85. The van der Waals surface area contributed by atoms with E-state index < -0.39 is 0 Å². The molecule has 0 unspecified atom stereocenters. The second kappa shape index (κ2) is 10.0. The maximum Gasteiger partial charge on any atom is 0.258 e. The summed E-state index contributed by atoms with van der Waals surface area (Å²) >= 11 is 0. The van der Waals surface area contributed by atoms with Gasteiger partial charge in [-0.1, -0.05) is 24.3 Å². The van der Waals surface area contributed by atoms with Crippen molar-refractivity contribution in [2.24, 2.45) is 0 Å². The molecule has 148 valence electrons. The maximum atomic E-state index is 12.9. The van der Waals surface area contributed by atoms with Gasteiger partial charge in [-0.3, -0.25) is 14.5 Å². The first-order valence-corrected chi connectivity index (χ1v) is 9.74. The van der Waals surface area contributed by atoms with Crippen molar-refractivity contribution in [2.45, 2.75) is 6.92 Å². The minimum absolute atomic E-state index is 0.114. The van der Waals surface area contributed by atoms with Gasteiger partial charge in [-0.15, -0.1) is 0 Å². The number of hydrogen-bond donors (Lipinski definition) is 1. The molecule has 1 N–H and O–H groups in total. The molecule has 1 fully saturated rings. The fourth-order valence-corrected chi connectivity index (χ4v) is 3.26. The van der Waals surface area contributed by atoms with E-state index in [0.29, 0.717) is 24.2 Å². The van der Waals surface area contributed by atoms with Crippen molar-refractivity contribution in [3.8, 4) is 0 Å². The van der Waals surface area contributed by atoms with Gasteiger partial charge in [0, 0.05) is 49.5 Å². The van der Waals surface area contributed by atoms with E-state index in [0.717, 1.165) is 38.5 Å². The Balaban J connectivity index is 1.62. The molecule has 1 heterocycles. The van der Waals surface area contributed by atoms with Crippen LogP contribution in [0.4, 0.5) is 5.69 Å². The number of nitrogens with zero attached hydrogens (tertiary/aromatic N) is 2. The SMILES string of the molecule is CCN(C(=O)c1cccc(C(=O)NCCN2CCOCC2)c1)c1ccccc1. The number of carbonyl (C=O) groups is 2. The first kappa shape index (κ1) is 20.0. The van der Waals surface area contributed by atoms with E-state index in [4.69, 9.17) is 4.74 Å². The maximum absolute atomic E-state index is 12.9. The first-order chi connectivity index (χ1) is 13.7. The molecule has 0 spiro atoms. The summed E-state index contributed by atoms with van der Waals surface area (Å²) in [7, 11) is 0. The highest BCUT2D eigenvalue weighted by atomic mass is 16.5. The van der Waals surface area contributed by atoms with E-state index in [1.54, 1.807) is 29.2 Å². The second-order valence-corrected chi connectivity index (χ2v) is 6.68. The molecule has 6 heteroatoms. The highest BCUT2D eigenvalue weighted by molar-refractivity contribution is 6.07. The lowest BCUT2D eigenvalue weighted by atomic mass is 10.1. The smallest absolute Gasteiger partial charge is 0.258 e. The van der Waals surface area contributed by atoms with Crippen molar-refractivity contribution in [3.63, 3.8) is 0 Å². The van der Waals surface area contributed by atoms with Crippen molar-refractivity contribution in [2.75, 3.05) is 50.8 Å². The fourth-order valence-electron chi connectivity index (χ4n) is 3.26. The lowest BCUT2D eigenvalue weighted by Gasteiger charge is -2.26.